The van der Waals surface area contributed by atoms with E-state index in [0.29, 0.717) is 15.4 Å². The first kappa shape index (κ1) is 15.9. The largest absolute Gasteiger partial charge is 0.420 e. The minimum atomic E-state index is -0.670. The van der Waals surface area contributed by atoms with Crippen LogP contribution in [0.15, 0.2) is 60.6 Å². The molecule has 7 heteroatoms. The molecule has 1 N–H and O–H groups in total. The van der Waals surface area contributed by atoms with Gasteiger partial charge >= 0.3 is 5.63 Å². The monoisotopic (exact) mass is 439 g/mol. The van der Waals surface area contributed by atoms with Gasteiger partial charge in [-0.05, 0) is 58.4 Å². The number of hydrogen-bond acceptors (Lipinski definition) is 3. The molecule has 0 aliphatic carbocycles. The number of carbonyl (C=O) groups is 1. The summed E-state index contributed by atoms with van der Waals surface area (Å²) >= 11 is 6.66. The fourth-order valence-corrected chi connectivity index (χ4v) is 3.38. The van der Waals surface area contributed by atoms with Crippen LogP contribution in [0.1, 0.15) is 10.4 Å². The number of benzene rings is 2. The number of nitrogens with one attached hydrogen (secondary N) is 1. The lowest BCUT2D eigenvalue weighted by molar-refractivity contribution is 0.102. The van der Waals surface area contributed by atoms with Gasteiger partial charge in [-0.15, -0.1) is 0 Å². The highest BCUT2D eigenvalue weighted by molar-refractivity contribution is 9.11. The molecule has 2 aromatic carbocycles. The lowest BCUT2D eigenvalue weighted by Gasteiger charge is -2.06. The third-order valence-electron chi connectivity index (χ3n) is 3.11. The van der Waals surface area contributed by atoms with Crippen LogP contribution in [-0.4, -0.2) is 5.91 Å². The van der Waals surface area contributed by atoms with E-state index in [-0.39, 0.29) is 11.3 Å². The van der Waals surface area contributed by atoms with Crippen LogP contribution >= 0.6 is 31.9 Å². The Morgan fingerprint density at radius 3 is 2.48 bits per heavy atom. The normalized spacial score (nSPS) is 10.7. The molecule has 1 amide bonds. The van der Waals surface area contributed by atoms with E-state index < -0.39 is 17.3 Å². The minimum Gasteiger partial charge on any atom is -0.420 e. The van der Waals surface area contributed by atoms with Crippen LogP contribution in [0.25, 0.3) is 11.0 Å². The van der Waals surface area contributed by atoms with Gasteiger partial charge in [-0.1, -0.05) is 15.9 Å². The van der Waals surface area contributed by atoms with Crippen molar-refractivity contribution in [1.82, 2.24) is 0 Å². The van der Waals surface area contributed by atoms with E-state index in [0.717, 1.165) is 4.47 Å². The van der Waals surface area contributed by atoms with Crippen molar-refractivity contribution in [3.8, 4) is 0 Å². The number of hydrogen-bond donors (Lipinski definition) is 1. The van der Waals surface area contributed by atoms with Gasteiger partial charge in [0.05, 0.1) is 4.47 Å². The van der Waals surface area contributed by atoms with Gasteiger partial charge in [-0.2, -0.15) is 0 Å². The first-order chi connectivity index (χ1) is 10.9. The molecule has 0 spiro atoms. The van der Waals surface area contributed by atoms with Crippen LogP contribution < -0.4 is 10.9 Å². The van der Waals surface area contributed by atoms with Crippen molar-refractivity contribution >= 4 is 54.4 Å². The summed E-state index contributed by atoms with van der Waals surface area (Å²) in [5.74, 6) is -0.966. The fourth-order valence-electron chi connectivity index (χ4n) is 2.04. The summed E-state index contributed by atoms with van der Waals surface area (Å²) in [5, 5.41) is 3.12. The SMILES string of the molecule is O=C(Nc1cc2cc(Br)cc(Br)c2oc1=O)c1ccc(F)cc1. The van der Waals surface area contributed by atoms with Crippen molar-refractivity contribution in [3.05, 3.63) is 73.2 Å². The Balaban J connectivity index is 1.99. The lowest BCUT2D eigenvalue weighted by Crippen LogP contribution is -2.17. The fraction of sp³-hybridized carbons (Fsp3) is 0. The second kappa shape index (κ2) is 6.25. The first-order valence-electron chi connectivity index (χ1n) is 6.44. The highest BCUT2D eigenvalue weighted by Crippen LogP contribution is 2.28. The second-order valence-corrected chi connectivity index (χ2v) is 6.48. The van der Waals surface area contributed by atoms with E-state index in [2.05, 4.69) is 37.2 Å². The maximum Gasteiger partial charge on any atom is 0.360 e. The predicted octanol–water partition coefficient (Wildman–Crippen LogP) is 4.71. The molecule has 0 fully saturated rings. The Morgan fingerprint density at radius 1 is 1.09 bits per heavy atom. The number of anilines is 1. The summed E-state index contributed by atoms with van der Waals surface area (Å²) in [7, 11) is 0. The summed E-state index contributed by atoms with van der Waals surface area (Å²) in [5.41, 5.74) is -0.0351. The molecule has 1 aromatic heterocycles. The zero-order valence-corrected chi connectivity index (χ0v) is 14.6. The maximum atomic E-state index is 12.9. The topological polar surface area (TPSA) is 59.3 Å². The van der Waals surface area contributed by atoms with Crippen molar-refractivity contribution in [3.63, 3.8) is 0 Å². The molecule has 4 nitrogen and oxygen atoms in total. The highest BCUT2D eigenvalue weighted by Gasteiger charge is 2.13. The standard InChI is InChI=1S/C16H8Br2FNO3/c17-10-5-9-6-13(16(22)23-14(9)12(18)7-10)20-15(21)8-1-3-11(19)4-2-8/h1-7H,(H,20,21). The average Bonchev–Trinajstić information content (AvgIpc) is 2.49. The Kier molecular flexibility index (Phi) is 4.32. The Bertz CT molecular complexity index is 967. The molecular weight excluding hydrogens is 433 g/mol. The van der Waals surface area contributed by atoms with Crippen LogP contribution in [0.3, 0.4) is 0 Å². The zero-order valence-electron chi connectivity index (χ0n) is 11.4. The minimum absolute atomic E-state index is 0.0109. The molecule has 0 aliphatic rings. The van der Waals surface area contributed by atoms with Gasteiger partial charge in [-0.3, -0.25) is 4.79 Å². The number of rotatable bonds is 2. The van der Waals surface area contributed by atoms with Crippen molar-refractivity contribution in [1.29, 1.82) is 0 Å². The van der Waals surface area contributed by atoms with E-state index >= 15 is 0 Å². The molecule has 0 saturated heterocycles. The molecule has 1 heterocycles. The highest BCUT2D eigenvalue weighted by atomic mass is 79.9. The molecule has 3 aromatic rings. The van der Waals surface area contributed by atoms with Crippen LogP contribution in [-0.2, 0) is 0 Å². The summed E-state index contributed by atoms with van der Waals surface area (Å²) in [6.45, 7) is 0. The van der Waals surface area contributed by atoms with Gasteiger partial charge in [0, 0.05) is 15.4 Å². The van der Waals surface area contributed by atoms with E-state index in [1.165, 1.54) is 30.3 Å². The van der Waals surface area contributed by atoms with E-state index in [9.17, 15) is 14.0 Å². The van der Waals surface area contributed by atoms with E-state index in [1.54, 1.807) is 12.1 Å². The number of fused-ring (bicyclic) bond motifs is 1. The van der Waals surface area contributed by atoms with Crippen LogP contribution in [0, 0.1) is 5.82 Å². The quantitative estimate of drug-likeness (QED) is 0.587. The number of carbonyl (C=O) groups excluding carboxylic acids is 1. The summed E-state index contributed by atoms with van der Waals surface area (Å²) < 4.78 is 19.5. The second-order valence-electron chi connectivity index (χ2n) is 4.71. The Morgan fingerprint density at radius 2 is 1.78 bits per heavy atom. The Hall–Kier alpha value is -1.99. The number of amides is 1. The third-order valence-corrected chi connectivity index (χ3v) is 4.15. The van der Waals surface area contributed by atoms with Crippen molar-refractivity contribution in [2.45, 2.75) is 0 Å². The zero-order chi connectivity index (χ0) is 16.6. The van der Waals surface area contributed by atoms with Gasteiger partial charge in [0.25, 0.3) is 5.91 Å². The van der Waals surface area contributed by atoms with Crippen LogP contribution in [0.2, 0.25) is 0 Å². The van der Waals surface area contributed by atoms with Gasteiger partial charge in [0.2, 0.25) is 0 Å². The molecule has 0 saturated carbocycles. The molecule has 0 aliphatic heterocycles. The van der Waals surface area contributed by atoms with Gasteiger partial charge in [-0.25, -0.2) is 9.18 Å². The molecular formula is C16H8Br2FNO3. The summed E-state index contributed by atoms with van der Waals surface area (Å²) in [6.07, 6.45) is 0. The average molecular weight is 441 g/mol. The number of halogens is 3. The smallest absolute Gasteiger partial charge is 0.360 e. The summed E-state index contributed by atoms with van der Waals surface area (Å²) in [4.78, 5) is 24.1. The van der Waals surface area contributed by atoms with Crippen molar-refractivity contribution < 1.29 is 13.6 Å². The van der Waals surface area contributed by atoms with Gasteiger partial charge < -0.3 is 9.73 Å². The molecule has 3 rings (SSSR count). The molecule has 116 valence electrons. The first-order valence-corrected chi connectivity index (χ1v) is 8.02. The Labute approximate surface area is 146 Å². The predicted molar refractivity (Wildman–Crippen MR) is 92.2 cm³/mol. The van der Waals surface area contributed by atoms with E-state index in [1.807, 2.05) is 0 Å². The van der Waals surface area contributed by atoms with Crippen LogP contribution in [0.5, 0.6) is 0 Å². The van der Waals surface area contributed by atoms with E-state index in [4.69, 9.17) is 4.42 Å². The summed E-state index contributed by atoms with van der Waals surface area (Å²) in [6, 6.07) is 10.1. The molecule has 0 radical (unpaired) electrons. The van der Waals surface area contributed by atoms with Crippen molar-refractivity contribution in [2.75, 3.05) is 5.32 Å². The van der Waals surface area contributed by atoms with Crippen molar-refractivity contribution in [2.24, 2.45) is 0 Å². The van der Waals surface area contributed by atoms with Gasteiger partial charge in [0.1, 0.15) is 11.5 Å². The lowest BCUT2D eigenvalue weighted by atomic mass is 10.2. The maximum absolute atomic E-state index is 12.9. The molecule has 0 unspecified atom stereocenters. The third kappa shape index (κ3) is 3.35. The molecule has 0 bridgehead atoms. The molecule has 23 heavy (non-hydrogen) atoms. The van der Waals surface area contributed by atoms with Gasteiger partial charge in [0.15, 0.2) is 5.58 Å². The van der Waals surface area contributed by atoms with Crippen LogP contribution in [0.4, 0.5) is 10.1 Å². The molecule has 0 atom stereocenters.